The lowest BCUT2D eigenvalue weighted by Gasteiger charge is -2.48. The van der Waals surface area contributed by atoms with Gasteiger partial charge < -0.3 is 20.4 Å². The maximum absolute atomic E-state index is 10.7. The molecule has 1 fully saturated rings. The van der Waals surface area contributed by atoms with Crippen molar-refractivity contribution in [2.75, 3.05) is 11.9 Å². The molecule has 0 saturated carbocycles. The van der Waals surface area contributed by atoms with Crippen LogP contribution in [-0.2, 0) is 4.79 Å². The number of hydrogen-bond acceptors (Lipinski definition) is 10. The molecule has 12 nitrogen and oxygen atoms in total. The minimum Gasteiger partial charge on any atom is -0.507 e. The molecular weight excluding hydrogens is 474 g/mol. The number of benzene rings is 1. The van der Waals surface area contributed by atoms with Crippen molar-refractivity contribution < 1.29 is 15.0 Å². The van der Waals surface area contributed by atoms with Gasteiger partial charge in [0.2, 0.25) is 5.95 Å². The highest BCUT2D eigenvalue weighted by Crippen LogP contribution is 2.34. The molecule has 12 heteroatoms. The van der Waals surface area contributed by atoms with Crippen LogP contribution in [0, 0.1) is 0 Å². The van der Waals surface area contributed by atoms with E-state index in [9.17, 15) is 5.11 Å². The third-order valence-electron chi connectivity index (χ3n) is 6.31. The van der Waals surface area contributed by atoms with Gasteiger partial charge in [-0.25, -0.2) is 15.0 Å². The molecule has 1 saturated heterocycles. The molecule has 4 N–H and O–H groups in total. The summed E-state index contributed by atoms with van der Waals surface area (Å²) >= 11 is 0. The maximum Gasteiger partial charge on any atom is 0.290 e. The number of hydrogen-bond donors (Lipinski definition) is 4. The Morgan fingerprint density at radius 1 is 1.03 bits per heavy atom. The Morgan fingerprint density at radius 3 is 2.32 bits per heavy atom. The fourth-order valence-electron chi connectivity index (χ4n) is 5.04. The lowest BCUT2D eigenvalue weighted by molar-refractivity contribution is -0.122. The van der Waals surface area contributed by atoms with Crippen LogP contribution >= 0.6 is 0 Å². The van der Waals surface area contributed by atoms with Crippen LogP contribution in [0.1, 0.15) is 40.5 Å². The number of aromatic amines is 1. The standard InChI is InChI=1S/C24H29N9O.CH2O2/c1-23(2)9-15(10-24(3,4)32-23)33(5)22-26-12-18(29-31-22)16-7-6-14(8-20(16)34)17-11-25-21-19(28-17)13-27-30-21;2-1-3/h6-8,11-13,15,32,34H,9-10H2,1-5H3,(H,25,27,30);1H,(H,2,3). The van der Waals surface area contributed by atoms with Gasteiger partial charge in [-0.2, -0.15) is 5.10 Å². The summed E-state index contributed by atoms with van der Waals surface area (Å²) in [6.45, 7) is 8.65. The number of anilines is 1. The molecule has 1 aromatic carbocycles. The second-order valence-electron chi connectivity index (χ2n) is 10.4. The average Bonchev–Trinajstić information content (AvgIpc) is 3.30. The second kappa shape index (κ2) is 10.1. The number of phenolic OH excluding ortho intramolecular Hbond substituents is 1. The van der Waals surface area contributed by atoms with E-state index < -0.39 is 0 Å². The summed E-state index contributed by atoms with van der Waals surface area (Å²) in [6.07, 6.45) is 6.87. The average molecular weight is 506 g/mol. The van der Waals surface area contributed by atoms with Crippen molar-refractivity contribution in [3.63, 3.8) is 0 Å². The number of piperidine rings is 1. The lowest BCUT2D eigenvalue weighted by Crippen LogP contribution is -2.62. The predicted molar refractivity (Wildman–Crippen MR) is 139 cm³/mol. The number of carboxylic acid groups (broad SMARTS) is 1. The van der Waals surface area contributed by atoms with E-state index in [-0.39, 0.29) is 23.3 Å². The van der Waals surface area contributed by atoms with Crippen LogP contribution in [0.25, 0.3) is 33.7 Å². The molecule has 1 aliphatic heterocycles. The van der Waals surface area contributed by atoms with Gasteiger partial charge in [0.25, 0.3) is 6.47 Å². The fourth-order valence-corrected chi connectivity index (χ4v) is 5.04. The summed E-state index contributed by atoms with van der Waals surface area (Å²) in [6, 6.07) is 5.59. The Labute approximate surface area is 214 Å². The number of phenols is 1. The van der Waals surface area contributed by atoms with E-state index in [0.717, 1.165) is 18.4 Å². The van der Waals surface area contributed by atoms with Gasteiger partial charge in [-0.1, -0.05) is 6.07 Å². The molecule has 0 atom stereocenters. The highest BCUT2D eigenvalue weighted by atomic mass is 16.3. The lowest BCUT2D eigenvalue weighted by atomic mass is 9.79. The number of nitrogens with one attached hydrogen (secondary N) is 2. The van der Waals surface area contributed by atoms with Crippen LogP contribution < -0.4 is 10.2 Å². The molecule has 0 unspecified atom stereocenters. The van der Waals surface area contributed by atoms with Gasteiger partial charge in [-0.15, -0.1) is 10.2 Å². The van der Waals surface area contributed by atoms with Gasteiger partial charge in [0, 0.05) is 35.3 Å². The van der Waals surface area contributed by atoms with Crippen molar-refractivity contribution in [2.45, 2.75) is 57.7 Å². The highest BCUT2D eigenvalue weighted by Gasteiger charge is 2.39. The molecule has 0 aliphatic carbocycles. The van der Waals surface area contributed by atoms with Crippen LogP contribution in [0.3, 0.4) is 0 Å². The molecule has 0 radical (unpaired) electrons. The van der Waals surface area contributed by atoms with Crippen LogP contribution in [-0.4, -0.2) is 76.2 Å². The van der Waals surface area contributed by atoms with Crippen molar-refractivity contribution >= 4 is 23.6 Å². The van der Waals surface area contributed by atoms with Crippen molar-refractivity contribution in [3.05, 3.63) is 36.8 Å². The zero-order valence-corrected chi connectivity index (χ0v) is 21.5. The van der Waals surface area contributed by atoms with Gasteiger partial charge in [0.1, 0.15) is 17.0 Å². The minimum atomic E-state index is -0.250. The third-order valence-corrected chi connectivity index (χ3v) is 6.31. The van der Waals surface area contributed by atoms with E-state index >= 15 is 0 Å². The van der Waals surface area contributed by atoms with Crippen molar-refractivity contribution in [1.82, 2.24) is 40.7 Å². The summed E-state index contributed by atoms with van der Waals surface area (Å²) in [5.74, 6) is 0.646. The highest BCUT2D eigenvalue weighted by molar-refractivity contribution is 5.76. The fraction of sp³-hybridized carbons (Fsp3) is 0.400. The molecular formula is C25H31N9O3. The number of fused-ring (bicyclic) bond motifs is 1. The first-order chi connectivity index (χ1) is 17.5. The zero-order valence-electron chi connectivity index (χ0n) is 21.5. The maximum atomic E-state index is 10.7. The monoisotopic (exact) mass is 505 g/mol. The summed E-state index contributed by atoms with van der Waals surface area (Å²) < 4.78 is 0. The number of aromatic hydroxyl groups is 1. The van der Waals surface area contributed by atoms with Crippen LogP contribution in [0.2, 0.25) is 0 Å². The first-order valence-corrected chi connectivity index (χ1v) is 11.8. The molecule has 0 spiro atoms. The summed E-state index contributed by atoms with van der Waals surface area (Å²) in [7, 11) is 2.02. The minimum absolute atomic E-state index is 0.0219. The Morgan fingerprint density at radius 2 is 1.70 bits per heavy atom. The van der Waals surface area contributed by atoms with E-state index in [4.69, 9.17) is 9.90 Å². The number of H-pyrrole nitrogens is 1. The topological polar surface area (TPSA) is 166 Å². The van der Waals surface area contributed by atoms with E-state index in [1.54, 1.807) is 30.7 Å². The third kappa shape index (κ3) is 5.80. The molecule has 37 heavy (non-hydrogen) atoms. The molecule has 1 aliphatic rings. The Kier molecular flexibility index (Phi) is 7.03. The number of aromatic nitrogens is 7. The van der Waals surface area contributed by atoms with E-state index in [1.807, 2.05) is 13.1 Å². The van der Waals surface area contributed by atoms with E-state index in [1.165, 1.54) is 0 Å². The summed E-state index contributed by atoms with van der Waals surface area (Å²) in [5.41, 5.74) is 3.77. The summed E-state index contributed by atoms with van der Waals surface area (Å²) in [4.78, 5) is 23.9. The number of carbonyl (C=O) groups is 1. The Balaban J connectivity index is 0.00000102. The number of nitrogens with zero attached hydrogens (tertiary/aromatic N) is 7. The van der Waals surface area contributed by atoms with E-state index in [0.29, 0.717) is 40.1 Å². The van der Waals surface area contributed by atoms with Gasteiger partial charge >= 0.3 is 0 Å². The molecule has 0 amide bonds. The molecule has 4 heterocycles. The zero-order chi connectivity index (χ0) is 26.8. The van der Waals surface area contributed by atoms with Gasteiger partial charge in [-0.05, 0) is 52.7 Å². The smallest absolute Gasteiger partial charge is 0.290 e. The van der Waals surface area contributed by atoms with E-state index in [2.05, 4.69) is 73.3 Å². The molecule has 194 valence electrons. The first kappa shape index (κ1) is 25.9. The van der Waals surface area contributed by atoms with Gasteiger partial charge in [0.15, 0.2) is 5.65 Å². The van der Waals surface area contributed by atoms with Crippen molar-refractivity contribution in [3.8, 4) is 28.3 Å². The van der Waals surface area contributed by atoms with Crippen molar-refractivity contribution in [1.29, 1.82) is 0 Å². The molecule has 3 aromatic heterocycles. The Bertz CT molecular complexity index is 1370. The normalized spacial score (nSPS) is 16.6. The predicted octanol–water partition coefficient (Wildman–Crippen LogP) is 3.02. The van der Waals surface area contributed by atoms with Gasteiger partial charge in [-0.3, -0.25) is 9.89 Å². The SMILES string of the molecule is CN(c1ncc(-c2ccc(-c3cnc4[nH]ncc4n3)cc2O)nn1)C1CC(C)(C)NC(C)(C)C1.O=CO. The number of rotatable bonds is 4. The second-order valence-corrected chi connectivity index (χ2v) is 10.4. The molecule has 4 aromatic rings. The quantitative estimate of drug-likeness (QED) is 0.301. The molecule has 0 bridgehead atoms. The summed E-state index contributed by atoms with van der Waals surface area (Å²) in [5, 5.41) is 36.8. The first-order valence-electron chi connectivity index (χ1n) is 11.8. The Hall–Kier alpha value is -4.19. The van der Waals surface area contributed by atoms with Gasteiger partial charge in [0.05, 0.1) is 24.3 Å². The van der Waals surface area contributed by atoms with Crippen LogP contribution in [0.4, 0.5) is 5.95 Å². The molecule has 5 rings (SSSR count). The van der Waals surface area contributed by atoms with Crippen LogP contribution in [0.5, 0.6) is 5.75 Å². The van der Waals surface area contributed by atoms with Crippen molar-refractivity contribution in [2.24, 2.45) is 0 Å². The largest absolute Gasteiger partial charge is 0.507 e. The van der Waals surface area contributed by atoms with Crippen LogP contribution in [0.15, 0.2) is 36.8 Å².